The van der Waals surface area contributed by atoms with E-state index in [4.69, 9.17) is 5.11 Å². The first kappa shape index (κ1) is 7.95. The maximum Gasteiger partial charge on any atom is 0.148 e. The lowest BCUT2D eigenvalue weighted by Crippen LogP contribution is -2.10. The van der Waals surface area contributed by atoms with Crippen LogP contribution in [-0.2, 0) is 11.2 Å². The Morgan fingerprint density at radius 1 is 1.36 bits per heavy atom. The van der Waals surface area contributed by atoms with Crippen LogP contribution in [0.1, 0.15) is 5.56 Å². The van der Waals surface area contributed by atoms with Gasteiger partial charge in [-0.1, -0.05) is 30.3 Å². The van der Waals surface area contributed by atoms with Crippen molar-refractivity contribution in [1.82, 2.24) is 0 Å². The van der Waals surface area contributed by atoms with Crippen molar-refractivity contribution in [1.29, 1.82) is 0 Å². The van der Waals surface area contributed by atoms with Crippen LogP contribution < -0.4 is 0 Å². The van der Waals surface area contributed by atoms with Crippen molar-refractivity contribution in [3.05, 3.63) is 35.9 Å². The van der Waals surface area contributed by atoms with Crippen LogP contribution in [0.5, 0.6) is 0 Å². The second kappa shape index (κ2) is 3.88. The minimum Gasteiger partial charge on any atom is -0.385 e. The molecule has 0 bridgehead atoms. The van der Waals surface area contributed by atoms with Crippen LogP contribution >= 0.6 is 0 Å². The Labute approximate surface area is 65.5 Å². The molecule has 1 aromatic carbocycles. The van der Waals surface area contributed by atoms with Crippen LogP contribution in [0.15, 0.2) is 30.3 Å². The van der Waals surface area contributed by atoms with E-state index in [1.807, 2.05) is 30.3 Å². The van der Waals surface area contributed by atoms with Gasteiger partial charge in [0, 0.05) is 6.42 Å². The molecule has 1 aromatic rings. The summed E-state index contributed by atoms with van der Waals surface area (Å²) in [4.78, 5) is 10.1. The smallest absolute Gasteiger partial charge is 0.148 e. The molecule has 2 heteroatoms. The molecule has 0 heterocycles. The quantitative estimate of drug-likeness (QED) is 0.647. The van der Waals surface area contributed by atoms with Crippen LogP contribution in [0.3, 0.4) is 0 Å². The maximum atomic E-state index is 10.1. The lowest BCUT2D eigenvalue weighted by Gasteiger charge is -2.01. The van der Waals surface area contributed by atoms with Crippen LogP contribution in [0.4, 0.5) is 0 Å². The fraction of sp³-hybridized carbons (Fsp3) is 0.222. The summed E-state index contributed by atoms with van der Waals surface area (Å²) in [6.45, 7) is 0. The molecule has 0 amide bonds. The van der Waals surface area contributed by atoms with Crippen molar-refractivity contribution in [2.75, 3.05) is 0 Å². The third-order valence-electron chi connectivity index (χ3n) is 1.44. The first-order valence-corrected chi connectivity index (χ1v) is 3.50. The van der Waals surface area contributed by atoms with Gasteiger partial charge in [-0.3, -0.25) is 0 Å². The summed E-state index contributed by atoms with van der Waals surface area (Å²) < 4.78 is 0. The maximum absolute atomic E-state index is 10.1. The van der Waals surface area contributed by atoms with Gasteiger partial charge in [-0.05, 0) is 5.56 Å². The monoisotopic (exact) mass is 150 g/mol. The molecule has 1 N–H and O–H groups in total. The molecule has 1 unspecified atom stereocenters. The zero-order chi connectivity index (χ0) is 8.10. The summed E-state index contributed by atoms with van der Waals surface area (Å²) >= 11 is 0. The topological polar surface area (TPSA) is 37.3 Å². The van der Waals surface area contributed by atoms with E-state index in [0.29, 0.717) is 12.7 Å². The molecule has 1 atom stereocenters. The van der Waals surface area contributed by atoms with Gasteiger partial charge in [-0.2, -0.15) is 0 Å². The molecule has 0 aliphatic rings. The summed E-state index contributed by atoms with van der Waals surface area (Å²) in [6.07, 6.45) is 0.0922. The number of rotatable bonds is 3. The molecule has 0 radical (unpaired) electrons. The molecule has 0 fully saturated rings. The fourth-order valence-electron chi connectivity index (χ4n) is 0.904. The number of carbonyl (C=O) groups is 1. The third kappa shape index (κ3) is 2.51. The van der Waals surface area contributed by atoms with E-state index in [0.717, 1.165) is 5.56 Å². The van der Waals surface area contributed by atoms with Gasteiger partial charge < -0.3 is 9.90 Å². The normalized spacial score (nSPS) is 12.5. The van der Waals surface area contributed by atoms with Gasteiger partial charge in [0.1, 0.15) is 12.4 Å². The van der Waals surface area contributed by atoms with Crippen molar-refractivity contribution >= 4 is 6.29 Å². The van der Waals surface area contributed by atoms with Crippen molar-refractivity contribution in [3.63, 3.8) is 0 Å². The number of benzene rings is 1. The molecule has 0 aliphatic heterocycles. The Hall–Kier alpha value is -1.15. The predicted octanol–water partition coefficient (Wildman–Crippen LogP) is 0.789. The summed E-state index contributed by atoms with van der Waals surface area (Å²) in [6, 6.07) is 9.43. The molecule has 11 heavy (non-hydrogen) atoms. The van der Waals surface area contributed by atoms with Gasteiger partial charge >= 0.3 is 0 Å². The standard InChI is InChI=1S/C9H10O2/c10-7-9(11)6-8-4-2-1-3-5-8/h1-5,7,9,11H,6H2. The highest BCUT2D eigenvalue weighted by Gasteiger charge is 2.01. The summed E-state index contributed by atoms with van der Waals surface area (Å²) in [5.74, 6) is 0. The Balaban J connectivity index is 2.57. The average Bonchev–Trinajstić information content (AvgIpc) is 2.06. The van der Waals surface area contributed by atoms with Gasteiger partial charge in [0.05, 0.1) is 0 Å². The van der Waals surface area contributed by atoms with Crippen molar-refractivity contribution in [3.8, 4) is 0 Å². The van der Waals surface area contributed by atoms with Crippen LogP contribution in [-0.4, -0.2) is 17.5 Å². The highest BCUT2D eigenvalue weighted by Crippen LogP contribution is 2.00. The molecule has 0 saturated heterocycles. The van der Waals surface area contributed by atoms with E-state index in [2.05, 4.69) is 0 Å². The minimum atomic E-state index is -0.864. The van der Waals surface area contributed by atoms with E-state index in [9.17, 15) is 4.79 Å². The number of carbonyl (C=O) groups excluding carboxylic acids is 1. The molecular weight excluding hydrogens is 140 g/mol. The zero-order valence-electron chi connectivity index (χ0n) is 6.10. The third-order valence-corrected chi connectivity index (χ3v) is 1.44. The molecular formula is C9H10O2. The molecule has 2 nitrogen and oxygen atoms in total. The van der Waals surface area contributed by atoms with E-state index in [-0.39, 0.29) is 0 Å². The van der Waals surface area contributed by atoms with Gasteiger partial charge in [-0.15, -0.1) is 0 Å². The minimum absolute atomic E-state index is 0.407. The molecule has 0 spiro atoms. The largest absolute Gasteiger partial charge is 0.385 e. The van der Waals surface area contributed by atoms with Crippen LogP contribution in [0.25, 0.3) is 0 Å². The lowest BCUT2D eigenvalue weighted by atomic mass is 10.1. The highest BCUT2D eigenvalue weighted by molar-refractivity contribution is 5.56. The van der Waals surface area contributed by atoms with Gasteiger partial charge in [0.15, 0.2) is 0 Å². The Bertz CT molecular complexity index is 218. The molecule has 0 aliphatic carbocycles. The number of aliphatic hydroxyl groups excluding tert-OH is 1. The van der Waals surface area contributed by atoms with Crippen molar-refractivity contribution in [2.45, 2.75) is 12.5 Å². The Morgan fingerprint density at radius 3 is 2.55 bits per heavy atom. The van der Waals surface area contributed by atoms with Gasteiger partial charge in [-0.25, -0.2) is 0 Å². The summed E-state index contributed by atoms with van der Waals surface area (Å²) in [5, 5.41) is 8.94. The molecule has 58 valence electrons. The van der Waals surface area contributed by atoms with Crippen LogP contribution in [0.2, 0.25) is 0 Å². The lowest BCUT2D eigenvalue weighted by molar-refractivity contribution is -0.114. The van der Waals surface area contributed by atoms with Gasteiger partial charge in [0.2, 0.25) is 0 Å². The predicted molar refractivity (Wildman–Crippen MR) is 42.2 cm³/mol. The Kier molecular flexibility index (Phi) is 2.81. The average molecular weight is 150 g/mol. The van der Waals surface area contributed by atoms with E-state index < -0.39 is 6.10 Å². The number of hydrogen-bond donors (Lipinski definition) is 1. The number of aliphatic hydroxyl groups is 1. The van der Waals surface area contributed by atoms with E-state index in [1.54, 1.807) is 0 Å². The zero-order valence-corrected chi connectivity index (χ0v) is 6.10. The fourth-order valence-corrected chi connectivity index (χ4v) is 0.904. The Morgan fingerprint density at radius 2 is 2.00 bits per heavy atom. The van der Waals surface area contributed by atoms with Crippen molar-refractivity contribution in [2.24, 2.45) is 0 Å². The van der Waals surface area contributed by atoms with E-state index >= 15 is 0 Å². The second-order valence-electron chi connectivity index (χ2n) is 2.39. The number of aldehydes is 1. The first-order chi connectivity index (χ1) is 5.33. The second-order valence-corrected chi connectivity index (χ2v) is 2.39. The first-order valence-electron chi connectivity index (χ1n) is 3.50. The van der Waals surface area contributed by atoms with Gasteiger partial charge in [0.25, 0.3) is 0 Å². The molecule has 0 saturated carbocycles. The molecule has 1 rings (SSSR count). The molecule has 0 aromatic heterocycles. The van der Waals surface area contributed by atoms with Crippen LogP contribution in [0, 0.1) is 0 Å². The summed E-state index contributed by atoms with van der Waals surface area (Å²) in [5.41, 5.74) is 0.979. The highest BCUT2D eigenvalue weighted by atomic mass is 16.3. The number of hydrogen-bond acceptors (Lipinski definition) is 2. The summed E-state index contributed by atoms with van der Waals surface area (Å²) in [7, 11) is 0. The SMILES string of the molecule is O=CC(O)Cc1ccccc1. The van der Waals surface area contributed by atoms with Crippen molar-refractivity contribution < 1.29 is 9.90 Å². The van der Waals surface area contributed by atoms with E-state index in [1.165, 1.54) is 0 Å².